The van der Waals surface area contributed by atoms with Crippen molar-refractivity contribution in [2.45, 2.75) is 40.2 Å². The average molecular weight is 403 g/mol. The Balaban J connectivity index is 2.10. The lowest BCUT2D eigenvalue weighted by Crippen LogP contribution is -2.53. The summed E-state index contributed by atoms with van der Waals surface area (Å²) in [6.45, 7) is 6.06. The third kappa shape index (κ3) is 4.92. The number of aromatic hydroxyl groups is 1. The van der Waals surface area contributed by atoms with Crippen LogP contribution in [-0.4, -0.2) is 35.5 Å². The zero-order valence-electron chi connectivity index (χ0n) is 16.6. The Hall–Kier alpha value is -3.36. The zero-order chi connectivity index (χ0) is 21.9. The summed E-state index contributed by atoms with van der Waals surface area (Å²) in [4.78, 5) is 47.4. The molecule has 9 nitrogen and oxygen atoms in total. The molecular formula is C20H23N2O7-. The molecule has 0 aliphatic heterocycles. The molecule has 2 rings (SSSR count). The number of hydrogen-bond acceptors (Lipinski definition) is 7. The van der Waals surface area contributed by atoms with Gasteiger partial charge in [0.05, 0.1) is 30.5 Å². The highest BCUT2D eigenvalue weighted by molar-refractivity contribution is 5.90. The monoisotopic (exact) mass is 403 g/mol. The number of amides is 2. The number of carboxylic acid groups (broad SMARTS) is 1. The van der Waals surface area contributed by atoms with Crippen molar-refractivity contribution >= 4 is 28.8 Å². The van der Waals surface area contributed by atoms with Crippen LogP contribution in [-0.2, 0) is 20.8 Å². The molecule has 1 heterocycles. The Kier molecular flexibility index (Phi) is 6.63. The summed E-state index contributed by atoms with van der Waals surface area (Å²) in [7, 11) is 0. The summed E-state index contributed by atoms with van der Waals surface area (Å²) < 4.78 is 5.27. The van der Waals surface area contributed by atoms with Crippen molar-refractivity contribution in [2.75, 3.05) is 6.54 Å². The van der Waals surface area contributed by atoms with E-state index in [0.29, 0.717) is 16.5 Å². The topological polar surface area (TPSA) is 149 Å². The SMILES string of the molecule is Cc1c(CC(=O)NCC(=O)N[C@H](C(=O)[O-])C(C)C)c(=O)oc2c(C)c(O)ccc12. The lowest BCUT2D eigenvalue weighted by atomic mass is 10.0. The number of carboxylic acids is 1. The van der Waals surface area contributed by atoms with Crippen LogP contribution in [0.5, 0.6) is 5.75 Å². The minimum absolute atomic E-state index is 0.00665. The maximum atomic E-state index is 12.3. The molecule has 0 unspecified atom stereocenters. The molecule has 0 fully saturated rings. The van der Waals surface area contributed by atoms with E-state index in [-0.39, 0.29) is 29.2 Å². The van der Waals surface area contributed by atoms with E-state index in [1.54, 1.807) is 33.8 Å². The molecule has 0 saturated heterocycles. The van der Waals surface area contributed by atoms with Crippen LogP contribution in [0, 0.1) is 19.8 Å². The van der Waals surface area contributed by atoms with Crippen molar-refractivity contribution in [2.24, 2.45) is 5.92 Å². The summed E-state index contributed by atoms with van der Waals surface area (Å²) >= 11 is 0. The van der Waals surface area contributed by atoms with Crippen LogP contribution >= 0.6 is 0 Å². The van der Waals surface area contributed by atoms with Crippen LogP contribution in [0.15, 0.2) is 21.3 Å². The van der Waals surface area contributed by atoms with Gasteiger partial charge in [0.2, 0.25) is 11.8 Å². The second kappa shape index (κ2) is 8.76. The van der Waals surface area contributed by atoms with Crippen LogP contribution in [0.3, 0.4) is 0 Å². The summed E-state index contributed by atoms with van der Waals surface area (Å²) in [5.41, 5.74) is 0.632. The van der Waals surface area contributed by atoms with E-state index in [1.807, 2.05) is 0 Å². The number of benzene rings is 1. The second-order valence-corrected chi connectivity index (χ2v) is 7.14. The maximum Gasteiger partial charge on any atom is 0.340 e. The highest BCUT2D eigenvalue weighted by atomic mass is 16.4. The van der Waals surface area contributed by atoms with Crippen LogP contribution in [0.25, 0.3) is 11.0 Å². The van der Waals surface area contributed by atoms with Crippen molar-refractivity contribution in [3.63, 3.8) is 0 Å². The second-order valence-electron chi connectivity index (χ2n) is 7.14. The highest BCUT2D eigenvalue weighted by Crippen LogP contribution is 2.28. The van der Waals surface area contributed by atoms with Crippen LogP contribution < -0.4 is 21.4 Å². The van der Waals surface area contributed by atoms with Crippen molar-refractivity contribution in [1.29, 1.82) is 0 Å². The Labute approximate surface area is 166 Å². The van der Waals surface area contributed by atoms with E-state index >= 15 is 0 Å². The van der Waals surface area contributed by atoms with E-state index in [0.717, 1.165) is 0 Å². The number of rotatable bonds is 7. The zero-order valence-corrected chi connectivity index (χ0v) is 16.6. The van der Waals surface area contributed by atoms with Gasteiger partial charge in [-0.3, -0.25) is 9.59 Å². The highest BCUT2D eigenvalue weighted by Gasteiger charge is 2.19. The van der Waals surface area contributed by atoms with E-state index in [2.05, 4.69) is 10.6 Å². The van der Waals surface area contributed by atoms with Gasteiger partial charge >= 0.3 is 5.63 Å². The number of phenolic OH excluding ortho intramolecular Hbond substituents is 1. The first-order valence-corrected chi connectivity index (χ1v) is 9.04. The van der Waals surface area contributed by atoms with E-state index < -0.39 is 36.0 Å². The molecule has 1 atom stereocenters. The van der Waals surface area contributed by atoms with Gasteiger partial charge in [0.25, 0.3) is 0 Å². The number of carbonyl (C=O) groups excluding carboxylic acids is 3. The molecule has 0 aliphatic carbocycles. The normalized spacial score (nSPS) is 12.0. The minimum atomic E-state index is -1.41. The molecule has 2 amide bonds. The summed E-state index contributed by atoms with van der Waals surface area (Å²) in [5, 5.41) is 26.0. The average Bonchev–Trinajstić information content (AvgIpc) is 2.64. The Morgan fingerprint density at radius 3 is 2.38 bits per heavy atom. The number of aryl methyl sites for hydroxylation is 2. The van der Waals surface area contributed by atoms with E-state index in [9.17, 15) is 29.4 Å². The molecule has 1 aromatic heterocycles. The summed E-state index contributed by atoms with van der Waals surface area (Å²) in [6.07, 6.45) is -0.314. The molecule has 9 heteroatoms. The third-order valence-corrected chi connectivity index (χ3v) is 4.70. The van der Waals surface area contributed by atoms with E-state index in [4.69, 9.17) is 4.42 Å². The van der Waals surface area contributed by atoms with Gasteiger partial charge in [-0.05, 0) is 37.5 Å². The Morgan fingerprint density at radius 2 is 1.79 bits per heavy atom. The number of phenols is 1. The van der Waals surface area contributed by atoms with Crippen molar-refractivity contribution < 1.29 is 29.0 Å². The van der Waals surface area contributed by atoms with E-state index in [1.165, 1.54) is 6.07 Å². The molecule has 0 radical (unpaired) electrons. The number of hydrogen-bond donors (Lipinski definition) is 3. The fourth-order valence-corrected chi connectivity index (χ4v) is 2.91. The van der Waals surface area contributed by atoms with Crippen molar-refractivity contribution in [1.82, 2.24) is 10.6 Å². The first-order chi connectivity index (χ1) is 13.5. The van der Waals surface area contributed by atoms with Gasteiger partial charge in [-0.1, -0.05) is 13.8 Å². The van der Waals surface area contributed by atoms with Gasteiger partial charge in [0.1, 0.15) is 11.3 Å². The van der Waals surface area contributed by atoms with Gasteiger partial charge in [0, 0.05) is 10.9 Å². The largest absolute Gasteiger partial charge is 0.548 e. The first-order valence-electron chi connectivity index (χ1n) is 9.04. The fourth-order valence-electron chi connectivity index (χ4n) is 2.91. The standard InChI is InChI=1S/C20H24N2O7/c1-9(2)17(19(26)27)22-16(25)8-21-15(24)7-13-10(3)12-5-6-14(23)11(4)18(12)29-20(13)28/h5-6,9,17,23H,7-8H2,1-4H3,(H,21,24)(H,22,25)(H,26,27)/p-1/t17-/m0/s1. The maximum absolute atomic E-state index is 12.3. The molecule has 0 bridgehead atoms. The smallest absolute Gasteiger partial charge is 0.340 e. The number of fused-ring (bicyclic) bond motifs is 1. The van der Waals surface area contributed by atoms with Crippen LogP contribution in [0.4, 0.5) is 0 Å². The predicted octanol–water partition coefficient (Wildman–Crippen LogP) is -0.335. The lowest BCUT2D eigenvalue weighted by molar-refractivity contribution is -0.309. The van der Waals surface area contributed by atoms with Crippen molar-refractivity contribution in [3.05, 3.63) is 39.2 Å². The van der Waals surface area contributed by atoms with Gasteiger partial charge < -0.3 is 30.1 Å². The minimum Gasteiger partial charge on any atom is -0.548 e. The van der Waals surface area contributed by atoms with Crippen molar-refractivity contribution in [3.8, 4) is 5.75 Å². The molecule has 156 valence electrons. The molecule has 0 aliphatic rings. The van der Waals surface area contributed by atoms with Gasteiger partial charge in [-0.2, -0.15) is 0 Å². The Bertz CT molecular complexity index is 1020. The number of nitrogens with one attached hydrogen (secondary N) is 2. The fraction of sp³-hybridized carbons (Fsp3) is 0.400. The first kappa shape index (κ1) is 21.9. The molecule has 2 aromatic rings. The number of carbonyl (C=O) groups is 3. The lowest BCUT2D eigenvalue weighted by Gasteiger charge is -2.23. The van der Waals surface area contributed by atoms with Gasteiger partial charge in [-0.25, -0.2) is 4.79 Å². The number of aliphatic carboxylic acids is 1. The third-order valence-electron chi connectivity index (χ3n) is 4.70. The van der Waals surface area contributed by atoms with Gasteiger partial charge in [-0.15, -0.1) is 0 Å². The molecule has 1 aromatic carbocycles. The van der Waals surface area contributed by atoms with Crippen LogP contribution in [0.1, 0.15) is 30.5 Å². The van der Waals surface area contributed by atoms with Crippen LogP contribution in [0.2, 0.25) is 0 Å². The summed E-state index contributed by atoms with van der Waals surface area (Å²) in [5.74, 6) is -3.08. The molecule has 29 heavy (non-hydrogen) atoms. The molecule has 3 N–H and O–H groups in total. The molecule has 0 saturated carbocycles. The Morgan fingerprint density at radius 1 is 1.14 bits per heavy atom. The van der Waals surface area contributed by atoms with Gasteiger partial charge in [0.15, 0.2) is 0 Å². The molecular weight excluding hydrogens is 380 g/mol. The summed E-state index contributed by atoms with van der Waals surface area (Å²) in [6, 6.07) is 1.90. The predicted molar refractivity (Wildman–Crippen MR) is 102 cm³/mol. The molecule has 0 spiro atoms. The quantitative estimate of drug-likeness (QED) is 0.536.